The monoisotopic (exact) mass is 262 g/mol. The third-order valence-electron chi connectivity index (χ3n) is 2.84. The molecule has 0 aliphatic heterocycles. The van der Waals surface area contributed by atoms with Gasteiger partial charge >= 0.3 is 0 Å². The molecular formula is C14H18N2OS. The van der Waals surface area contributed by atoms with Crippen LogP contribution in [0.1, 0.15) is 25.8 Å². The molecule has 1 aromatic carbocycles. The lowest BCUT2D eigenvalue weighted by molar-refractivity contribution is -0.120. The van der Waals surface area contributed by atoms with Gasteiger partial charge in [-0.3, -0.25) is 4.79 Å². The summed E-state index contributed by atoms with van der Waals surface area (Å²) >= 11 is 1.71. The number of benzene rings is 1. The minimum absolute atomic E-state index is 0.0819. The summed E-state index contributed by atoms with van der Waals surface area (Å²) in [5, 5.41) is 11.2. The van der Waals surface area contributed by atoms with Crippen LogP contribution in [0.15, 0.2) is 29.2 Å². The van der Waals surface area contributed by atoms with Gasteiger partial charge in [0.25, 0.3) is 0 Å². The number of nitriles is 1. The molecule has 0 radical (unpaired) electrons. The van der Waals surface area contributed by atoms with Gasteiger partial charge in [0.15, 0.2) is 0 Å². The Morgan fingerprint density at radius 3 is 2.50 bits per heavy atom. The van der Waals surface area contributed by atoms with Crippen molar-refractivity contribution in [2.45, 2.75) is 30.6 Å². The predicted molar refractivity (Wildman–Crippen MR) is 74.5 cm³/mol. The van der Waals surface area contributed by atoms with Crippen LogP contribution in [0.3, 0.4) is 0 Å². The van der Waals surface area contributed by atoms with Crippen LogP contribution in [0, 0.1) is 11.3 Å². The van der Waals surface area contributed by atoms with Crippen molar-refractivity contribution in [2.75, 3.05) is 12.8 Å². The maximum Gasteiger partial charge on any atom is 0.234 e. The van der Waals surface area contributed by atoms with Crippen LogP contribution in [0.25, 0.3) is 0 Å². The zero-order valence-electron chi connectivity index (χ0n) is 11.0. The average molecular weight is 262 g/mol. The third kappa shape index (κ3) is 4.08. The van der Waals surface area contributed by atoms with E-state index >= 15 is 0 Å². The van der Waals surface area contributed by atoms with Crippen molar-refractivity contribution >= 4 is 17.7 Å². The van der Waals surface area contributed by atoms with E-state index < -0.39 is 0 Å². The van der Waals surface area contributed by atoms with Crippen molar-refractivity contribution < 1.29 is 4.79 Å². The number of carbonyl (C=O) groups excluding carboxylic acids is 1. The summed E-state index contributed by atoms with van der Waals surface area (Å²) in [6.07, 6.45) is 1.96. The van der Waals surface area contributed by atoms with E-state index in [9.17, 15) is 4.79 Å². The van der Waals surface area contributed by atoms with Gasteiger partial charge in [-0.1, -0.05) is 26.0 Å². The number of hydrogen-bond acceptors (Lipinski definition) is 3. The first-order chi connectivity index (χ1) is 8.49. The molecule has 1 rings (SSSR count). The van der Waals surface area contributed by atoms with E-state index in [-0.39, 0.29) is 17.7 Å². The van der Waals surface area contributed by atoms with Gasteiger partial charge in [0.1, 0.15) is 6.42 Å². The predicted octanol–water partition coefficient (Wildman–Crippen LogP) is 2.72. The summed E-state index contributed by atoms with van der Waals surface area (Å²) < 4.78 is 0. The molecule has 1 amide bonds. The molecule has 18 heavy (non-hydrogen) atoms. The van der Waals surface area contributed by atoms with Gasteiger partial charge in [-0.25, -0.2) is 0 Å². The van der Waals surface area contributed by atoms with E-state index in [1.807, 2.05) is 12.3 Å². The van der Waals surface area contributed by atoms with Gasteiger partial charge in [-0.15, -0.1) is 11.8 Å². The molecule has 3 nitrogen and oxygen atoms in total. The molecule has 0 heterocycles. The molecule has 0 fully saturated rings. The molecule has 0 aromatic heterocycles. The molecular weight excluding hydrogens is 244 g/mol. The van der Waals surface area contributed by atoms with E-state index in [4.69, 9.17) is 5.26 Å². The quantitative estimate of drug-likeness (QED) is 0.830. The van der Waals surface area contributed by atoms with Gasteiger partial charge in [0.05, 0.1) is 6.07 Å². The van der Waals surface area contributed by atoms with Crippen molar-refractivity contribution in [3.63, 3.8) is 0 Å². The second-order valence-electron chi connectivity index (χ2n) is 4.72. The topological polar surface area (TPSA) is 52.9 Å². The van der Waals surface area contributed by atoms with Gasteiger partial charge < -0.3 is 5.32 Å². The molecule has 1 aromatic rings. The minimum Gasteiger partial charge on any atom is -0.354 e. The molecule has 0 unspecified atom stereocenters. The Labute approximate surface area is 113 Å². The van der Waals surface area contributed by atoms with Gasteiger partial charge in [-0.05, 0) is 24.0 Å². The van der Waals surface area contributed by atoms with Crippen molar-refractivity contribution in [3.05, 3.63) is 29.8 Å². The summed E-state index contributed by atoms with van der Waals surface area (Å²) in [5.74, 6) is -0.216. The van der Waals surface area contributed by atoms with Crippen LogP contribution in [0.2, 0.25) is 0 Å². The van der Waals surface area contributed by atoms with E-state index in [2.05, 4.69) is 43.4 Å². The Bertz CT molecular complexity index is 446. The number of thioether (sulfide) groups is 1. The number of carbonyl (C=O) groups is 1. The second kappa shape index (κ2) is 6.46. The van der Waals surface area contributed by atoms with Gasteiger partial charge in [0.2, 0.25) is 5.91 Å². The fourth-order valence-electron chi connectivity index (χ4n) is 1.60. The number of nitrogens with zero attached hydrogens (tertiary/aromatic N) is 1. The molecule has 0 atom stereocenters. The smallest absolute Gasteiger partial charge is 0.234 e. The van der Waals surface area contributed by atoms with Crippen molar-refractivity contribution in [3.8, 4) is 6.07 Å². The number of amides is 1. The Morgan fingerprint density at radius 1 is 1.39 bits per heavy atom. The molecule has 0 spiro atoms. The largest absolute Gasteiger partial charge is 0.354 e. The zero-order valence-corrected chi connectivity index (χ0v) is 11.8. The third-order valence-corrected chi connectivity index (χ3v) is 3.58. The van der Waals surface area contributed by atoms with Gasteiger partial charge in [0, 0.05) is 16.9 Å². The van der Waals surface area contributed by atoms with Crippen LogP contribution < -0.4 is 5.32 Å². The van der Waals surface area contributed by atoms with Crippen LogP contribution in [-0.2, 0) is 10.2 Å². The van der Waals surface area contributed by atoms with Crippen molar-refractivity contribution in [2.24, 2.45) is 0 Å². The first kappa shape index (κ1) is 14.6. The lowest BCUT2D eigenvalue weighted by Crippen LogP contribution is -2.36. The zero-order chi connectivity index (χ0) is 13.6. The summed E-state index contributed by atoms with van der Waals surface area (Å²) in [7, 11) is 0. The van der Waals surface area contributed by atoms with Crippen LogP contribution >= 0.6 is 11.8 Å². The lowest BCUT2D eigenvalue weighted by Gasteiger charge is -2.25. The fraction of sp³-hybridized carbons (Fsp3) is 0.429. The van der Waals surface area contributed by atoms with E-state index in [1.54, 1.807) is 11.8 Å². The maximum atomic E-state index is 11.3. The van der Waals surface area contributed by atoms with Crippen molar-refractivity contribution in [1.82, 2.24) is 5.32 Å². The molecule has 0 saturated carbocycles. The van der Waals surface area contributed by atoms with Gasteiger partial charge in [-0.2, -0.15) is 5.26 Å². The fourth-order valence-corrected chi connectivity index (χ4v) is 2.01. The Hall–Kier alpha value is -1.47. The molecule has 4 heteroatoms. The normalized spacial score (nSPS) is 10.8. The minimum atomic E-state index is -0.216. The van der Waals surface area contributed by atoms with Crippen LogP contribution in [-0.4, -0.2) is 18.7 Å². The SMILES string of the molecule is CSc1ccc(C(C)(C)CNC(=O)CC#N)cc1. The van der Waals surface area contributed by atoms with Crippen LogP contribution in [0.4, 0.5) is 0 Å². The molecule has 0 saturated heterocycles. The summed E-state index contributed by atoms with van der Waals surface area (Å²) in [5.41, 5.74) is 1.04. The average Bonchev–Trinajstić information content (AvgIpc) is 2.37. The lowest BCUT2D eigenvalue weighted by atomic mass is 9.84. The highest BCUT2D eigenvalue weighted by Gasteiger charge is 2.21. The summed E-state index contributed by atoms with van der Waals surface area (Å²) in [4.78, 5) is 12.5. The Kier molecular flexibility index (Phi) is 5.24. The van der Waals surface area contributed by atoms with E-state index in [0.29, 0.717) is 6.54 Å². The highest BCUT2D eigenvalue weighted by molar-refractivity contribution is 7.98. The summed E-state index contributed by atoms with van der Waals surface area (Å²) in [6, 6.07) is 10.2. The molecule has 0 aliphatic rings. The standard InChI is InChI=1S/C14H18N2OS/c1-14(2,10-16-13(17)8-9-15)11-4-6-12(18-3)7-5-11/h4-7H,8,10H2,1-3H3,(H,16,17). The summed E-state index contributed by atoms with van der Waals surface area (Å²) in [6.45, 7) is 4.69. The second-order valence-corrected chi connectivity index (χ2v) is 5.60. The Morgan fingerprint density at radius 2 is 2.00 bits per heavy atom. The molecule has 0 aliphatic carbocycles. The first-order valence-corrected chi connectivity index (χ1v) is 7.00. The van der Waals surface area contributed by atoms with Crippen LogP contribution in [0.5, 0.6) is 0 Å². The highest BCUT2D eigenvalue weighted by Crippen LogP contribution is 2.24. The molecule has 0 bridgehead atoms. The number of nitrogens with one attached hydrogen (secondary N) is 1. The number of hydrogen-bond donors (Lipinski definition) is 1. The van der Waals surface area contributed by atoms with E-state index in [1.165, 1.54) is 10.5 Å². The maximum absolute atomic E-state index is 11.3. The highest BCUT2D eigenvalue weighted by atomic mass is 32.2. The van der Waals surface area contributed by atoms with E-state index in [0.717, 1.165) is 0 Å². The van der Waals surface area contributed by atoms with Crippen molar-refractivity contribution in [1.29, 1.82) is 5.26 Å². The molecule has 1 N–H and O–H groups in total. The molecule has 96 valence electrons. The number of rotatable bonds is 5. The Balaban J connectivity index is 2.67. The first-order valence-electron chi connectivity index (χ1n) is 5.78.